The van der Waals surface area contributed by atoms with Crippen LogP contribution in [0.15, 0.2) is 24.3 Å². The number of nitrogens with two attached hydrogens (primary N) is 1. The SMILES string of the molecule is [2H]C([2H])(CN)C(O)c1cccc(C#CC2(O)CCCCC2)c1. The first-order valence-electron chi connectivity index (χ1n) is 8.10. The maximum Gasteiger partial charge on any atom is 0.125 e. The Morgan fingerprint density at radius 1 is 1.35 bits per heavy atom. The number of hydrogen-bond donors (Lipinski definition) is 3. The number of aliphatic hydroxyl groups is 2. The molecule has 0 heterocycles. The summed E-state index contributed by atoms with van der Waals surface area (Å²) >= 11 is 0. The van der Waals surface area contributed by atoms with E-state index < -0.39 is 18.1 Å². The van der Waals surface area contributed by atoms with E-state index >= 15 is 0 Å². The van der Waals surface area contributed by atoms with Crippen molar-refractivity contribution in [3.8, 4) is 11.8 Å². The summed E-state index contributed by atoms with van der Waals surface area (Å²) < 4.78 is 15.4. The van der Waals surface area contributed by atoms with E-state index in [0.717, 1.165) is 19.3 Å². The number of aliphatic hydroxyl groups excluding tert-OH is 1. The highest BCUT2D eigenvalue weighted by Gasteiger charge is 2.26. The molecule has 0 spiro atoms. The summed E-state index contributed by atoms with van der Waals surface area (Å²) in [5.41, 5.74) is 5.54. The van der Waals surface area contributed by atoms with E-state index in [1.165, 1.54) is 0 Å². The van der Waals surface area contributed by atoms with Crippen LogP contribution >= 0.6 is 0 Å². The van der Waals surface area contributed by atoms with Crippen LogP contribution in [-0.4, -0.2) is 22.4 Å². The number of benzene rings is 1. The van der Waals surface area contributed by atoms with Crippen molar-refractivity contribution in [3.05, 3.63) is 35.4 Å². The average Bonchev–Trinajstić information content (AvgIpc) is 2.53. The molecule has 3 heteroatoms. The zero-order chi connectivity index (χ0) is 16.2. The van der Waals surface area contributed by atoms with Crippen LogP contribution in [0.25, 0.3) is 0 Å². The van der Waals surface area contributed by atoms with Crippen LogP contribution in [0.4, 0.5) is 0 Å². The predicted octanol–water partition coefficient (Wildman–Crippen LogP) is 2.12. The van der Waals surface area contributed by atoms with Crippen molar-refractivity contribution in [2.24, 2.45) is 5.73 Å². The Kier molecular flexibility index (Phi) is 4.28. The van der Waals surface area contributed by atoms with Crippen molar-refractivity contribution in [3.63, 3.8) is 0 Å². The highest BCUT2D eigenvalue weighted by Crippen LogP contribution is 2.27. The monoisotopic (exact) mass is 275 g/mol. The lowest BCUT2D eigenvalue weighted by Gasteiger charge is -2.26. The van der Waals surface area contributed by atoms with Gasteiger partial charge in [-0.2, -0.15) is 0 Å². The van der Waals surface area contributed by atoms with Crippen molar-refractivity contribution in [2.75, 3.05) is 6.54 Å². The molecular weight excluding hydrogens is 250 g/mol. The van der Waals surface area contributed by atoms with Gasteiger partial charge in [0.15, 0.2) is 0 Å². The number of rotatable bonds is 3. The summed E-state index contributed by atoms with van der Waals surface area (Å²) in [5.74, 6) is 5.89. The molecule has 1 fully saturated rings. The van der Waals surface area contributed by atoms with Gasteiger partial charge in [-0.05, 0) is 56.3 Å². The Morgan fingerprint density at radius 2 is 2.10 bits per heavy atom. The van der Waals surface area contributed by atoms with E-state index in [1.54, 1.807) is 24.3 Å². The maximum absolute atomic E-state index is 10.4. The van der Waals surface area contributed by atoms with Crippen molar-refractivity contribution in [1.29, 1.82) is 0 Å². The summed E-state index contributed by atoms with van der Waals surface area (Å²) in [5, 5.41) is 20.5. The third-order valence-electron chi connectivity index (χ3n) is 3.63. The van der Waals surface area contributed by atoms with Gasteiger partial charge in [-0.3, -0.25) is 0 Å². The van der Waals surface area contributed by atoms with E-state index in [9.17, 15) is 10.2 Å². The minimum Gasteiger partial charge on any atom is -0.388 e. The summed E-state index contributed by atoms with van der Waals surface area (Å²) in [6.07, 6.45) is 1.32. The van der Waals surface area contributed by atoms with Crippen LogP contribution in [0.3, 0.4) is 0 Å². The second kappa shape index (κ2) is 6.90. The summed E-state index contributed by atoms with van der Waals surface area (Å²) in [6.45, 7) is -0.260. The van der Waals surface area contributed by atoms with Crippen LogP contribution in [0.5, 0.6) is 0 Å². The maximum atomic E-state index is 10.4. The predicted molar refractivity (Wildman–Crippen MR) is 80.0 cm³/mol. The van der Waals surface area contributed by atoms with Gasteiger partial charge in [0.05, 0.1) is 6.10 Å². The van der Waals surface area contributed by atoms with Crippen LogP contribution in [0.2, 0.25) is 0 Å². The Bertz CT molecular complexity index is 572. The Hall–Kier alpha value is -1.34. The first kappa shape index (κ1) is 12.4. The van der Waals surface area contributed by atoms with Crippen LogP contribution in [0, 0.1) is 11.8 Å². The van der Waals surface area contributed by atoms with Gasteiger partial charge in [-0.1, -0.05) is 30.4 Å². The van der Waals surface area contributed by atoms with Crippen molar-refractivity contribution < 1.29 is 13.0 Å². The molecule has 0 aliphatic heterocycles. The van der Waals surface area contributed by atoms with Crippen molar-refractivity contribution in [2.45, 2.75) is 50.2 Å². The van der Waals surface area contributed by atoms with Crippen LogP contribution < -0.4 is 5.73 Å². The van der Waals surface area contributed by atoms with E-state index in [1.807, 2.05) is 0 Å². The number of hydrogen-bond acceptors (Lipinski definition) is 3. The fourth-order valence-corrected chi connectivity index (χ4v) is 2.47. The third-order valence-corrected chi connectivity index (χ3v) is 3.63. The van der Waals surface area contributed by atoms with Crippen LogP contribution in [0.1, 0.15) is 58.4 Å². The lowest BCUT2D eigenvalue weighted by atomic mass is 9.85. The second-order valence-electron chi connectivity index (χ2n) is 5.28. The molecule has 1 aromatic rings. The quantitative estimate of drug-likeness (QED) is 0.740. The van der Waals surface area contributed by atoms with Gasteiger partial charge in [0.25, 0.3) is 0 Å². The molecule has 3 nitrogen and oxygen atoms in total. The largest absolute Gasteiger partial charge is 0.388 e. The highest BCUT2D eigenvalue weighted by molar-refractivity contribution is 5.39. The molecule has 4 N–H and O–H groups in total. The van der Waals surface area contributed by atoms with Gasteiger partial charge in [0, 0.05) is 8.30 Å². The summed E-state index contributed by atoms with van der Waals surface area (Å²) in [7, 11) is 0. The van der Waals surface area contributed by atoms with E-state index in [0.29, 0.717) is 24.0 Å². The van der Waals surface area contributed by atoms with Gasteiger partial charge < -0.3 is 15.9 Å². The fraction of sp³-hybridized carbons (Fsp3) is 0.529. The molecule has 1 saturated carbocycles. The van der Waals surface area contributed by atoms with E-state index in [4.69, 9.17) is 8.48 Å². The van der Waals surface area contributed by atoms with Crippen LogP contribution in [-0.2, 0) is 0 Å². The Morgan fingerprint density at radius 3 is 2.80 bits per heavy atom. The Labute approximate surface area is 123 Å². The van der Waals surface area contributed by atoms with Gasteiger partial charge in [-0.15, -0.1) is 0 Å². The normalized spacial score (nSPS) is 21.1. The van der Waals surface area contributed by atoms with Gasteiger partial charge in [0.1, 0.15) is 5.60 Å². The molecule has 108 valence electrons. The summed E-state index contributed by atoms with van der Waals surface area (Å²) in [4.78, 5) is 0. The van der Waals surface area contributed by atoms with Gasteiger partial charge >= 0.3 is 0 Å². The highest BCUT2D eigenvalue weighted by atomic mass is 16.3. The molecule has 1 aliphatic rings. The molecule has 0 amide bonds. The second-order valence-corrected chi connectivity index (χ2v) is 5.28. The molecular formula is C17H23NO2. The standard InChI is InChI=1S/C17H23NO2/c18-12-8-16(19)15-6-4-5-14(13-15)7-11-17(20)9-2-1-3-10-17/h4-6,13,16,19-20H,1-3,8-10,12,18H2/i8D2. The van der Waals surface area contributed by atoms with Crippen molar-refractivity contribution >= 4 is 0 Å². The smallest absolute Gasteiger partial charge is 0.125 e. The third kappa shape index (κ3) is 4.08. The molecule has 20 heavy (non-hydrogen) atoms. The van der Waals surface area contributed by atoms with Crippen molar-refractivity contribution in [1.82, 2.24) is 0 Å². The average molecular weight is 275 g/mol. The summed E-state index contributed by atoms with van der Waals surface area (Å²) in [6, 6.07) is 6.81. The zero-order valence-electron chi connectivity index (χ0n) is 13.6. The minimum absolute atomic E-state index is 0.260. The lowest BCUT2D eigenvalue weighted by molar-refractivity contribution is 0.0610. The lowest BCUT2D eigenvalue weighted by Crippen LogP contribution is -2.29. The first-order valence-corrected chi connectivity index (χ1v) is 7.10. The van der Waals surface area contributed by atoms with E-state index in [-0.39, 0.29) is 6.54 Å². The first-order chi connectivity index (χ1) is 10.4. The molecule has 2 rings (SSSR count). The Balaban J connectivity index is 2.19. The molecule has 0 aromatic heterocycles. The molecule has 0 radical (unpaired) electrons. The fourth-order valence-electron chi connectivity index (χ4n) is 2.47. The zero-order valence-corrected chi connectivity index (χ0v) is 11.6. The molecule has 0 saturated heterocycles. The minimum atomic E-state index is -1.88. The van der Waals surface area contributed by atoms with Gasteiger partial charge in [-0.25, -0.2) is 0 Å². The molecule has 1 aliphatic carbocycles. The molecule has 1 atom stereocenters. The van der Waals surface area contributed by atoms with Gasteiger partial charge in [0.2, 0.25) is 0 Å². The van der Waals surface area contributed by atoms with E-state index in [2.05, 4.69) is 11.8 Å². The molecule has 0 bridgehead atoms. The molecule has 1 aromatic carbocycles. The topological polar surface area (TPSA) is 66.5 Å². The molecule has 1 unspecified atom stereocenters.